The van der Waals surface area contributed by atoms with Gasteiger partial charge in [0.2, 0.25) is 5.88 Å². The highest BCUT2D eigenvalue weighted by Gasteiger charge is 2.38. The van der Waals surface area contributed by atoms with Crippen LogP contribution in [-0.2, 0) is 0 Å². The maximum Gasteiger partial charge on any atom is 0.425 e. The Morgan fingerprint density at radius 1 is 1.56 bits per heavy atom. The van der Waals surface area contributed by atoms with Gasteiger partial charge in [0, 0.05) is 6.20 Å². The number of aromatic carboxylic acids is 1. The second-order valence-electron chi connectivity index (χ2n) is 2.96. The van der Waals surface area contributed by atoms with Gasteiger partial charge in [0.05, 0.1) is 0 Å². The van der Waals surface area contributed by atoms with E-state index in [1.165, 1.54) is 6.07 Å². The fourth-order valence-corrected chi connectivity index (χ4v) is 0.882. The lowest BCUT2D eigenvalue weighted by molar-refractivity contribution is -0.190. The van der Waals surface area contributed by atoms with Crippen molar-refractivity contribution in [3.8, 4) is 5.88 Å². The number of rotatable bonds is 3. The Morgan fingerprint density at radius 2 is 2.19 bits per heavy atom. The first-order valence-electron chi connectivity index (χ1n) is 4.24. The number of pyridine rings is 1. The number of ether oxygens (including phenoxy) is 1. The van der Waals surface area contributed by atoms with Crippen LogP contribution in [0, 0.1) is 0 Å². The van der Waals surface area contributed by atoms with Crippen molar-refractivity contribution in [2.24, 2.45) is 0 Å². The lowest BCUT2D eigenvalue weighted by Gasteiger charge is -2.17. The largest absolute Gasteiger partial charge is 0.477 e. The van der Waals surface area contributed by atoms with Gasteiger partial charge >= 0.3 is 12.1 Å². The third-order valence-corrected chi connectivity index (χ3v) is 1.75. The van der Waals surface area contributed by atoms with Crippen molar-refractivity contribution in [2.45, 2.75) is 19.2 Å². The van der Waals surface area contributed by atoms with E-state index in [0.29, 0.717) is 0 Å². The number of nitrogens with zero attached hydrogens (tertiary/aromatic N) is 1. The summed E-state index contributed by atoms with van der Waals surface area (Å²) in [5, 5.41) is 8.68. The average molecular weight is 235 g/mol. The van der Waals surface area contributed by atoms with Crippen LogP contribution in [0.4, 0.5) is 13.2 Å². The lowest BCUT2D eigenvalue weighted by atomic mass is 10.3. The number of hydrogen-bond acceptors (Lipinski definition) is 3. The molecule has 1 aromatic heterocycles. The molecule has 0 spiro atoms. The van der Waals surface area contributed by atoms with E-state index in [4.69, 9.17) is 5.11 Å². The smallest absolute Gasteiger partial charge is 0.425 e. The molecule has 16 heavy (non-hydrogen) atoms. The van der Waals surface area contributed by atoms with E-state index in [2.05, 4.69) is 9.72 Å². The van der Waals surface area contributed by atoms with Crippen molar-refractivity contribution < 1.29 is 27.8 Å². The van der Waals surface area contributed by atoms with Gasteiger partial charge in [-0.15, -0.1) is 0 Å². The molecule has 0 bridgehead atoms. The Kier molecular flexibility index (Phi) is 3.36. The van der Waals surface area contributed by atoms with Gasteiger partial charge in [-0.2, -0.15) is 13.2 Å². The van der Waals surface area contributed by atoms with Crippen LogP contribution in [-0.4, -0.2) is 28.3 Å². The molecule has 0 unspecified atom stereocenters. The minimum atomic E-state index is -4.56. The summed E-state index contributed by atoms with van der Waals surface area (Å²) in [6.07, 6.45) is -5.52. The molecule has 0 amide bonds. The quantitative estimate of drug-likeness (QED) is 0.871. The summed E-state index contributed by atoms with van der Waals surface area (Å²) in [5.74, 6) is -1.93. The van der Waals surface area contributed by atoms with Crippen molar-refractivity contribution in [3.63, 3.8) is 0 Å². The lowest BCUT2D eigenvalue weighted by Crippen LogP contribution is -2.32. The van der Waals surface area contributed by atoms with Gasteiger partial charge in [-0.3, -0.25) is 0 Å². The van der Waals surface area contributed by atoms with E-state index < -0.39 is 29.7 Å². The number of carboxylic acids is 1. The number of hydrogen-bond donors (Lipinski definition) is 1. The predicted octanol–water partition coefficient (Wildman–Crippen LogP) is 2.11. The predicted molar refractivity (Wildman–Crippen MR) is 47.3 cm³/mol. The van der Waals surface area contributed by atoms with E-state index in [1.807, 2.05) is 0 Å². The van der Waals surface area contributed by atoms with Crippen LogP contribution >= 0.6 is 0 Å². The van der Waals surface area contributed by atoms with E-state index >= 15 is 0 Å². The van der Waals surface area contributed by atoms with E-state index in [-0.39, 0.29) is 0 Å². The normalized spacial score (nSPS) is 13.2. The van der Waals surface area contributed by atoms with E-state index in [9.17, 15) is 18.0 Å². The van der Waals surface area contributed by atoms with Crippen LogP contribution in [0.2, 0.25) is 0 Å². The maximum absolute atomic E-state index is 12.2. The first kappa shape index (κ1) is 12.3. The highest BCUT2D eigenvalue weighted by molar-refractivity contribution is 5.90. The summed E-state index contributed by atoms with van der Waals surface area (Å²) in [6.45, 7) is 0.778. The zero-order valence-electron chi connectivity index (χ0n) is 8.15. The van der Waals surface area contributed by atoms with Crippen molar-refractivity contribution in [2.75, 3.05) is 0 Å². The zero-order chi connectivity index (χ0) is 12.3. The van der Waals surface area contributed by atoms with Crippen LogP contribution in [0.3, 0.4) is 0 Å². The first-order valence-corrected chi connectivity index (χ1v) is 4.24. The van der Waals surface area contributed by atoms with Crippen LogP contribution in [0.25, 0.3) is 0 Å². The summed E-state index contributed by atoms with van der Waals surface area (Å²) in [6, 6.07) is 2.42. The molecule has 1 rings (SSSR count). The van der Waals surface area contributed by atoms with Crippen LogP contribution in [0.15, 0.2) is 18.3 Å². The van der Waals surface area contributed by atoms with Gasteiger partial charge in [-0.25, -0.2) is 9.78 Å². The third-order valence-electron chi connectivity index (χ3n) is 1.75. The molecule has 1 heterocycles. The fraction of sp³-hybridized carbons (Fsp3) is 0.333. The molecule has 0 aliphatic heterocycles. The molecule has 0 saturated heterocycles. The Bertz CT molecular complexity index is 392. The summed E-state index contributed by atoms with van der Waals surface area (Å²) in [4.78, 5) is 14.1. The summed E-state index contributed by atoms with van der Waals surface area (Å²) in [5.41, 5.74) is -0.404. The van der Waals surface area contributed by atoms with Gasteiger partial charge in [-0.05, 0) is 19.1 Å². The summed E-state index contributed by atoms with van der Waals surface area (Å²) >= 11 is 0. The minimum Gasteiger partial charge on any atom is -0.477 e. The molecule has 88 valence electrons. The number of carboxylic acid groups (broad SMARTS) is 1. The third kappa shape index (κ3) is 2.85. The first-order chi connectivity index (χ1) is 7.32. The molecule has 0 radical (unpaired) electrons. The Morgan fingerprint density at radius 3 is 2.69 bits per heavy atom. The number of halogens is 3. The minimum absolute atomic E-state index is 0.404. The molecule has 0 saturated carbocycles. The second kappa shape index (κ2) is 4.38. The molecule has 1 atom stereocenters. The van der Waals surface area contributed by atoms with Gasteiger partial charge in [-0.1, -0.05) is 0 Å². The Hall–Kier alpha value is -1.79. The average Bonchev–Trinajstić information content (AvgIpc) is 2.16. The van der Waals surface area contributed by atoms with E-state index in [1.54, 1.807) is 0 Å². The molecule has 0 aromatic carbocycles. The number of aromatic nitrogens is 1. The highest BCUT2D eigenvalue weighted by atomic mass is 19.4. The van der Waals surface area contributed by atoms with Crippen molar-refractivity contribution >= 4 is 5.97 Å². The molecule has 1 N–H and O–H groups in total. The molecule has 0 fully saturated rings. The highest BCUT2D eigenvalue weighted by Crippen LogP contribution is 2.25. The SMILES string of the molecule is C[C@@H](Oc1ncccc1C(=O)O)C(F)(F)F. The maximum atomic E-state index is 12.2. The van der Waals surface area contributed by atoms with Crippen LogP contribution in [0.5, 0.6) is 5.88 Å². The van der Waals surface area contributed by atoms with Crippen molar-refractivity contribution in [1.29, 1.82) is 0 Å². The number of carbonyl (C=O) groups is 1. The van der Waals surface area contributed by atoms with Crippen molar-refractivity contribution in [3.05, 3.63) is 23.9 Å². The van der Waals surface area contributed by atoms with Gasteiger partial charge < -0.3 is 9.84 Å². The summed E-state index contributed by atoms with van der Waals surface area (Å²) < 4.78 is 41.0. The zero-order valence-corrected chi connectivity index (χ0v) is 8.15. The Balaban J connectivity index is 2.93. The topological polar surface area (TPSA) is 59.4 Å². The van der Waals surface area contributed by atoms with Gasteiger partial charge in [0.25, 0.3) is 0 Å². The molecule has 7 heteroatoms. The van der Waals surface area contributed by atoms with Crippen LogP contribution in [0.1, 0.15) is 17.3 Å². The second-order valence-corrected chi connectivity index (χ2v) is 2.96. The fourth-order valence-electron chi connectivity index (χ4n) is 0.882. The molecule has 1 aromatic rings. The van der Waals surface area contributed by atoms with Crippen LogP contribution < -0.4 is 4.74 Å². The molecule has 4 nitrogen and oxygen atoms in total. The monoisotopic (exact) mass is 235 g/mol. The van der Waals surface area contributed by atoms with Crippen molar-refractivity contribution in [1.82, 2.24) is 4.98 Å². The summed E-state index contributed by atoms with van der Waals surface area (Å²) in [7, 11) is 0. The molecule has 0 aliphatic carbocycles. The van der Waals surface area contributed by atoms with Gasteiger partial charge in [0.1, 0.15) is 5.56 Å². The molecular weight excluding hydrogens is 227 g/mol. The number of alkyl halides is 3. The standard InChI is InChI=1S/C9H8F3NO3/c1-5(9(10,11)12)16-7-6(8(14)15)3-2-4-13-7/h2-5H,1H3,(H,14,15)/t5-/m1/s1. The Labute approximate surface area is 88.7 Å². The van der Waals surface area contributed by atoms with Gasteiger partial charge in [0.15, 0.2) is 6.10 Å². The molecular formula is C9H8F3NO3. The molecule has 0 aliphatic rings. The van der Waals surface area contributed by atoms with E-state index in [0.717, 1.165) is 19.2 Å².